The van der Waals surface area contributed by atoms with Crippen LogP contribution in [0.2, 0.25) is 5.82 Å². The molecule has 0 aromatic heterocycles. The normalized spacial score (nSPS) is 19.1. The van der Waals surface area contributed by atoms with Gasteiger partial charge in [0.25, 0.3) is 5.60 Å². The Labute approximate surface area is 106 Å². The van der Waals surface area contributed by atoms with Gasteiger partial charge in [0.2, 0.25) is 0 Å². The first-order valence-corrected chi connectivity index (χ1v) is 5.07. The van der Waals surface area contributed by atoms with Gasteiger partial charge in [0, 0.05) is 7.11 Å². The quantitative estimate of drug-likeness (QED) is 0.624. The fourth-order valence-corrected chi connectivity index (χ4v) is 1.54. The molecule has 2 nitrogen and oxygen atoms in total. The lowest BCUT2D eigenvalue weighted by molar-refractivity contribution is -0.398. The lowest BCUT2D eigenvalue weighted by Crippen LogP contribution is -2.67. The first kappa shape index (κ1) is 18.5. The summed E-state index contributed by atoms with van der Waals surface area (Å²) in [6.45, 7) is 1.19. The van der Waals surface area contributed by atoms with Crippen LogP contribution >= 0.6 is 0 Å². The Morgan fingerprint density at radius 3 is 1.68 bits per heavy atom. The van der Waals surface area contributed by atoms with E-state index in [2.05, 4.69) is 4.74 Å². The highest BCUT2D eigenvalue weighted by atomic mass is 19.4. The third-order valence-corrected chi connectivity index (χ3v) is 2.46. The van der Waals surface area contributed by atoms with Crippen molar-refractivity contribution in [2.75, 3.05) is 7.11 Å². The minimum absolute atomic E-state index is 0.445. The molecule has 3 atom stereocenters. The largest absolute Gasteiger partial charge is 0.429 e. The van der Waals surface area contributed by atoms with Crippen molar-refractivity contribution in [2.24, 2.45) is 0 Å². The number of aliphatic hydroxyl groups is 1. The first-order valence-electron chi connectivity index (χ1n) is 5.07. The van der Waals surface area contributed by atoms with Crippen molar-refractivity contribution in [3.05, 3.63) is 0 Å². The molecule has 2 radical (unpaired) electrons. The van der Waals surface area contributed by atoms with E-state index < -0.39 is 42.5 Å². The van der Waals surface area contributed by atoms with Gasteiger partial charge in [-0.3, -0.25) is 0 Å². The second kappa shape index (κ2) is 5.86. The van der Waals surface area contributed by atoms with E-state index in [1.807, 2.05) is 0 Å². The average Bonchev–Trinajstić information content (AvgIpc) is 2.13. The summed E-state index contributed by atoms with van der Waals surface area (Å²) in [5, 5.41) is 8.97. The second-order valence-electron chi connectivity index (χ2n) is 4.15. The maximum atomic E-state index is 13.5. The summed E-state index contributed by atoms with van der Waals surface area (Å²) in [6, 6.07) is 0. The molecule has 0 spiro atoms. The molecule has 0 bridgehead atoms. The SMILES string of the molecule is [B]C(C)C[C@@H](F)C(OC)C(O)(C(F)(F)F)C(F)(F)F. The number of methoxy groups -OCH3 is 1. The number of rotatable bonds is 5. The molecule has 1 N–H and O–H groups in total. The highest BCUT2D eigenvalue weighted by Gasteiger charge is 2.75. The molecule has 0 aromatic carbocycles. The Morgan fingerprint density at radius 1 is 1.11 bits per heavy atom. The Morgan fingerprint density at radius 2 is 1.47 bits per heavy atom. The molecule has 19 heavy (non-hydrogen) atoms. The fourth-order valence-electron chi connectivity index (χ4n) is 1.54. The summed E-state index contributed by atoms with van der Waals surface area (Å²) in [6.07, 6.45) is -19.0. The Balaban J connectivity index is 5.58. The van der Waals surface area contributed by atoms with Crippen molar-refractivity contribution in [3.8, 4) is 0 Å². The van der Waals surface area contributed by atoms with Crippen LogP contribution in [0.15, 0.2) is 0 Å². The van der Waals surface area contributed by atoms with Crippen LogP contribution in [0.1, 0.15) is 13.3 Å². The van der Waals surface area contributed by atoms with Gasteiger partial charge >= 0.3 is 12.4 Å². The molecule has 0 saturated carbocycles. The second-order valence-corrected chi connectivity index (χ2v) is 4.15. The number of halogens is 7. The van der Waals surface area contributed by atoms with Crippen LogP contribution < -0.4 is 0 Å². The predicted molar refractivity (Wildman–Crippen MR) is 52.5 cm³/mol. The first-order chi connectivity index (χ1) is 8.29. The molecule has 0 aliphatic heterocycles. The van der Waals surface area contributed by atoms with Gasteiger partial charge in [0.15, 0.2) is 0 Å². The zero-order valence-corrected chi connectivity index (χ0v) is 10.0. The average molecular weight is 296 g/mol. The van der Waals surface area contributed by atoms with Gasteiger partial charge in [-0.05, 0) is 6.42 Å². The smallest absolute Gasteiger partial charge is 0.375 e. The van der Waals surface area contributed by atoms with Gasteiger partial charge in [0.1, 0.15) is 12.3 Å². The van der Waals surface area contributed by atoms with Crippen LogP contribution in [-0.2, 0) is 4.74 Å². The Bertz CT molecular complexity index is 275. The van der Waals surface area contributed by atoms with Crippen molar-refractivity contribution in [1.29, 1.82) is 0 Å². The topological polar surface area (TPSA) is 29.5 Å². The molecule has 0 aromatic rings. The molecule has 0 aliphatic rings. The summed E-state index contributed by atoms with van der Waals surface area (Å²) >= 11 is 0. The standard InChI is InChI=1S/C9H12BF7O2/c1-4(10)3-5(11)6(19-2)7(18,8(12,13)14)9(15,16)17/h4-6,18H,3H2,1-2H3/t4?,5-,6?/m1/s1. The van der Waals surface area contributed by atoms with Gasteiger partial charge in [-0.1, -0.05) is 12.7 Å². The summed E-state index contributed by atoms with van der Waals surface area (Å²) in [7, 11) is 5.55. The zero-order valence-electron chi connectivity index (χ0n) is 10.0. The lowest BCUT2D eigenvalue weighted by Gasteiger charge is -2.39. The third-order valence-electron chi connectivity index (χ3n) is 2.46. The summed E-state index contributed by atoms with van der Waals surface area (Å²) in [5.74, 6) is -1.00. The molecule has 0 saturated heterocycles. The van der Waals surface area contributed by atoms with Crippen LogP contribution in [0.4, 0.5) is 30.7 Å². The van der Waals surface area contributed by atoms with Crippen LogP contribution in [0.5, 0.6) is 0 Å². The monoisotopic (exact) mass is 296 g/mol. The molecule has 0 aliphatic carbocycles. The third kappa shape index (κ3) is 3.74. The molecular formula is C9H12BF7O2. The highest BCUT2D eigenvalue weighted by Crippen LogP contribution is 2.47. The van der Waals surface area contributed by atoms with Gasteiger partial charge < -0.3 is 9.84 Å². The van der Waals surface area contributed by atoms with Crippen molar-refractivity contribution >= 4 is 7.85 Å². The van der Waals surface area contributed by atoms with Crippen LogP contribution in [0.3, 0.4) is 0 Å². The van der Waals surface area contributed by atoms with E-state index in [9.17, 15) is 30.7 Å². The van der Waals surface area contributed by atoms with Crippen molar-refractivity contribution < 1.29 is 40.6 Å². The van der Waals surface area contributed by atoms with E-state index in [-0.39, 0.29) is 0 Å². The van der Waals surface area contributed by atoms with E-state index >= 15 is 0 Å². The molecule has 2 unspecified atom stereocenters. The minimum atomic E-state index is -6.14. The summed E-state index contributed by atoms with van der Waals surface area (Å²) in [5.41, 5.74) is -5.30. The van der Waals surface area contributed by atoms with Gasteiger partial charge in [-0.25, -0.2) is 4.39 Å². The fraction of sp³-hybridized carbons (Fsp3) is 1.00. The number of ether oxygens (including phenoxy) is 1. The maximum Gasteiger partial charge on any atom is 0.429 e. The molecule has 0 heterocycles. The van der Waals surface area contributed by atoms with Crippen molar-refractivity contribution in [1.82, 2.24) is 0 Å². The highest BCUT2D eigenvalue weighted by molar-refractivity contribution is 6.11. The van der Waals surface area contributed by atoms with Gasteiger partial charge in [-0.15, -0.1) is 0 Å². The van der Waals surface area contributed by atoms with Crippen LogP contribution in [0, 0.1) is 0 Å². The summed E-state index contributed by atoms with van der Waals surface area (Å²) < 4.78 is 92.3. The van der Waals surface area contributed by atoms with Crippen molar-refractivity contribution in [3.63, 3.8) is 0 Å². The summed E-state index contributed by atoms with van der Waals surface area (Å²) in [4.78, 5) is 0. The van der Waals surface area contributed by atoms with E-state index in [4.69, 9.17) is 13.0 Å². The predicted octanol–water partition coefficient (Wildman–Crippen LogP) is 2.56. The van der Waals surface area contributed by atoms with E-state index in [0.29, 0.717) is 7.11 Å². The maximum absolute atomic E-state index is 13.5. The molecule has 0 rings (SSSR count). The Kier molecular flexibility index (Phi) is 5.71. The molecule has 112 valence electrons. The van der Waals surface area contributed by atoms with Crippen molar-refractivity contribution in [2.45, 2.75) is 49.4 Å². The van der Waals surface area contributed by atoms with Gasteiger partial charge in [0.05, 0.1) is 7.85 Å². The number of hydrogen-bond acceptors (Lipinski definition) is 2. The van der Waals surface area contributed by atoms with E-state index in [0.717, 1.165) is 0 Å². The Hall–Kier alpha value is -0.505. The number of alkyl halides is 7. The molecule has 0 fully saturated rings. The van der Waals surface area contributed by atoms with Crippen LogP contribution in [0.25, 0.3) is 0 Å². The molecule has 0 amide bonds. The number of hydrogen-bond donors (Lipinski definition) is 1. The zero-order chi connectivity index (χ0) is 15.6. The molecule has 10 heteroatoms. The minimum Gasteiger partial charge on any atom is -0.375 e. The lowest BCUT2D eigenvalue weighted by atomic mass is 9.80. The van der Waals surface area contributed by atoms with E-state index in [1.165, 1.54) is 6.92 Å². The van der Waals surface area contributed by atoms with Gasteiger partial charge in [-0.2, -0.15) is 26.3 Å². The van der Waals surface area contributed by atoms with E-state index in [1.54, 1.807) is 0 Å². The molecular weight excluding hydrogens is 284 g/mol. The van der Waals surface area contributed by atoms with Crippen LogP contribution in [-0.4, -0.2) is 50.3 Å².